The van der Waals surface area contributed by atoms with Crippen molar-refractivity contribution in [1.82, 2.24) is 4.90 Å². The molecule has 0 aliphatic carbocycles. The minimum Gasteiger partial charge on any atom is -0.318 e. The molecule has 72 valence electrons. The normalized spacial score (nSPS) is 11.9. The Morgan fingerprint density at radius 1 is 1.50 bits per heavy atom. The summed E-state index contributed by atoms with van der Waals surface area (Å²) in [6.07, 6.45) is -4.39. The van der Waals surface area contributed by atoms with E-state index in [1.165, 1.54) is 13.8 Å². The van der Waals surface area contributed by atoms with Crippen LogP contribution in [0.5, 0.6) is 0 Å². The van der Waals surface area contributed by atoms with Crippen molar-refractivity contribution >= 4 is 17.0 Å². The van der Waals surface area contributed by atoms with Crippen molar-refractivity contribution in [3.05, 3.63) is 0 Å². The lowest BCUT2D eigenvalue weighted by Gasteiger charge is -2.24. The zero-order chi connectivity index (χ0) is 9.94. The quantitative estimate of drug-likeness (QED) is 0.499. The van der Waals surface area contributed by atoms with Crippen LogP contribution in [0.15, 0.2) is 0 Å². The van der Waals surface area contributed by atoms with Crippen LogP contribution in [-0.4, -0.2) is 29.0 Å². The van der Waals surface area contributed by atoms with Gasteiger partial charge in [-0.2, -0.15) is 13.2 Å². The van der Waals surface area contributed by atoms with Crippen LogP contribution in [0, 0.1) is 0 Å². The lowest BCUT2D eigenvalue weighted by atomic mass is 10.3. The molecule has 0 aliphatic heterocycles. The fourth-order valence-electron chi connectivity index (χ4n) is 0.641. The predicted octanol–water partition coefficient (Wildman–Crippen LogP) is 2.62. The van der Waals surface area contributed by atoms with E-state index >= 15 is 0 Å². The number of hydrogen-bond donors (Lipinski definition) is 0. The summed E-state index contributed by atoms with van der Waals surface area (Å²) in [5, 5.41) is -1.08. The molecule has 12 heavy (non-hydrogen) atoms. The van der Waals surface area contributed by atoms with E-state index in [2.05, 4.69) is 0 Å². The van der Waals surface area contributed by atoms with Crippen molar-refractivity contribution < 1.29 is 18.0 Å². The summed E-state index contributed by atoms with van der Waals surface area (Å²) in [6, 6.07) is -0.545. The highest BCUT2D eigenvalue weighted by Gasteiger charge is 2.33. The van der Waals surface area contributed by atoms with Gasteiger partial charge in [0.05, 0.1) is 0 Å². The van der Waals surface area contributed by atoms with E-state index in [0.29, 0.717) is 4.90 Å². The molecule has 0 aliphatic rings. The fraction of sp³-hybridized carbons (Fsp3) is 0.833. The van der Waals surface area contributed by atoms with Gasteiger partial charge in [-0.1, -0.05) is 0 Å². The summed E-state index contributed by atoms with van der Waals surface area (Å²) in [7, 11) is 0. The zero-order valence-corrected chi connectivity index (χ0v) is 7.41. The Kier molecular flexibility index (Phi) is 3.83. The minimum atomic E-state index is -4.39. The van der Waals surface area contributed by atoms with E-state index < -0.39 is 24.1 Å². The smallest absolute Gasteiger partial charge is 0.318 e. The number of hydrogen-bond acceptors (Lipinski definition) is 1. The van der Waals surface area contributed by atoms with E-state index in [1.807, 2.05) is 0 Å². The summed E-state index contributed by atoms with van der Waals surface area (Å²) in [5.41, 5.74) is 0. The summed E-state index contributed by atoms with van der Waals surface area (Å²) in [6.45, 7) is 1.63. The standard InChI is InChI=1S/C6H9ClF3NO/c1-4(2)11(5(7)12)3-6(8,9)10/h4H,3H2,1-2H3. The molecule has 0 bridgehead atoms. The first-order valence-corrected chi connectivity index (χ1v) is 3.64. The van der Waals surface area contributed by atoms with Gasteiger partial charge in [0.2, 0.25) is 0 Å². The molecule has 0 aromatic rings. The molecule has 0 aromatic carbocycles. The van der Waals surface area contributed by atoms with Crippen LogP contribution in [0.4, 0.5) is 18.0 Å². The van der Waals surface area contributed by atoms with Crippen LogP contribution >= 0.6 is 11.6 Å². The van der Waals surface area contributed by atoms with Gasteiger partial charge in [0.15, 0.2) is 0 Å². The molecule has 0 rings (SSSR count). The van der Waals surface area contributed by atoms with Crippen molar-refractivity contribution in [1.29, 1.82) is 0 Å². The third-order valence-electron chi connectivity index (χ3n) is 1.20. The van der Waals surface area contributed by atoms with Crippen LogP contribution in [-0.2, 0) is 0 Å². The number of alkyl halides is 3. The van der Waals surface area contributed by atoms with E-state index in [-0.39, 0.29) is 0 Å². The second kappa shape index (κ2) is 3.98. The maximum absolute atomic E-state index is 11.8. The van der Waals surface area contributed by atoms with Crippen molar-refractivity contribution in [3.63, 3.8) is 0 Å². The van der Waals surface area contributed by atoms with Gasteiger partial charge in [-0.15, -0.1) is 0 Å². The fourth-order valence-corrected chi connectivity index (χ4v) is 0.896. The van der Waals surface area contributed by atoms with Gasteiger partial charge in [-0.05, 0) is 25.4 Å². The van der Waals surface area contributed by atoms with Gasteiger partial charge in [0.25, 0.3) is 0 Å². The van der Waals surface area contributed by atoms with Crippen molar-refractivity contribution in [2.24, 2.45) is 0 Å². The minimum absolute atomic E-state index is 0.543. The van der Waals surface area contributed by atoms with Gasteiger partial charge >= 0.3 is 11.5 Å². The SMILES string of the molecule is CC(C)N(CC(F)(F)F)C(=O)Cl. The number of nitrogens with zero attached hydrogens (tertiary/aromatic N) is 1. The Hall–Kier alpha value is -0.450. The Balaban J connectivity index is 4.25. The number of halogens is 4. The second-order valence-electron chi connectivity index (χ2n) is 2.59. The van der Waals surface area contributed by atoms with Crippen LogP contribution < -0.4 is 0 Å². The summed E-state index contributed by atoms with van der Waals surface area (Å²) in [4.78, 5) is 11.0. The van der Waals surface area contributed by atoms with E-state index in [9.17, 15) is 18.0 Å². The van der Waals surface area contributed by atoms with E-state index in [4.69, 9.17) is 11.6 Å². The average molecular weight is 204 g/mol. The number of carbonyl (C=O) groups excluding carboxylic acids is 1. The molecule has 0 heterocycles. The second-order valence-corrected chi connectivity index (χ2v) is 2.91. The molecule has 2 nitrogen and oxygen atoms in total. The summed E-state index contributed by atoms with van der Waals surface area (Å²) < 4.78 is 35.3. The molecule has 0 aromatic heterocycles. The van der Waals surface area contributed by atoms with Crippen molar-refractivity contribution in [3.8, 4) is 0 Å². The molecule has 0 unspecified atom stereocenters. The lowest BCUT2D eigenvalue weighted by molar-refractivity contribution is -0.141. The number of carbonyl (C=O) groups is 1. The highest BCUT2D eigenvalue weighted by Crippen LogP contribution is 2.18. The number of rotatable bonds is 2. The first kappa shape index (κ1) is 11.6. The molecule has 0 spiro atoms. The molecule has 1 amide bonds. The molecule has 0 saturated heterocycles. The van der Waals surface area contributed by atoms with Gasteiger partial charge in [0, 0.05) is 6.04 Å². The largest absolute Gasteiger partial charge is 0.406 e. The van der Waals surface area contributed by atoms with Crippen LogP contribution in [0.1, 0.15) is 13.8 Å². The van der Waals surface area contributed by atoms with E-state index in [0.717, 1.165) is 0 Å². The molecule has 0 radical (unpaired) electrons. The first-order valence-electron chi connectivity index (χ1n) is 3.27. The molecule has 0 atom stereocenters. The molecular weight excluding hydrogens is 195 g/mol. The maximum Gasteiger partial charge on any atom is 0.406 e. The van der Waals surface area contributed by atoms with Gasteiger partial charge in [-0.3, -0.25) is 4.79 Å². The maximum atomic E-state index is 11.8. The average Bonchev–Trinajstić information content (AvgIpc) is 1.79. The van der Waals surface area contributed by atoms with Crippen LogP contribution in [0.25, 0.3) is 0 Å². The van der Waals surface area contributed by atoms with Gasteiger partial charge < -0.3 is 4.90 Å². The Morgan fingerprint density at radius 2 is 1.92 bits per heavy atom. The summed E-state index contributed by atoms with van der Waals surface area (Å²) in [5.74, 6) is 0. The lowest BCUT2D eigenvalue weighted by Crippen LogP contribution is -2.40. The molecule has 0 fully saturated rings. The topological polar surface area (TPSA) is 20.3 Å². The third kappa shape index (κ3) is 4.43. The van der Waals surface area contributed by atoms with E-state index in [1.54, 1.807) is 0 Å². The van der Waals surface area contributed by atoms with Crippen molar-refractivity contribution in [2.45, 2.75) is 26.1 Å². The Labute approximate surface area is 73.3 Å². The zero-order valence-electron chi connectivity index (χ0n) is 6.65. The Morgan fingerprint density at radius 3 is 2.00 bits per heavy atom. The highest BCUT2D eigenvalue weighted by atomic mass is 35.5. The van der Waals surface area contributed by atoms with Gasteiger partial charge in [-0.25, -0.2) is 0 Å². The first-order chi connectivity index (χ1) is 5.24. The third-order valence-corrected chi connectivity index (χ3v) is 1.42. The summed E-state index contributed by atoms with van der Waals surface area (Å²) >= 11 is 4.93. The number of amides is 1. The Bertz CT molecular complexity index is 169. The highest BCUT2D eigenvalue weighted by molar-refractivity contribution is 6.62. The van der Waals surface area contributed by atoms with Crippen LogP contribution in [0.2, 0.25) is 0 Å². The van der Waals surface area contributed by atoms with Gasteiger partial charge in [0.1, 0.15) is 6.54 Å². The molecule has 6 heteroatoms. The monoisotopic (exact) mass is 203 g/mol. The van der Waals surface area contributed by atoms with Crippen molar-refractivity contribution in [2.75, 3.05) is 6.54 Å². The predicted molar refractivity (Wildman–Crippen MR) is 39.1 cm³/mol. The molecular formula is C6H9ClF3NO. The molecule has 0 N–H and O–H groups in total. The van der Waals surface area contributed by atoms with Crippen LogP contribution in [0.3, 0.4) is 0 Å². The molecule has 0 saturated carbocycles.